The van der Waals surface area contributed by atoms with E-state index in [4.69, 9.17) is 9.47 Å². The Kier molecular flexibility index (Phi) is 16.1. The zero-order chi connectivity index (χ0) is 26.2. The molecule has 4 aliphatic rings. The van der Waals surface area contributed by atoms with Gasteiger partial charge >= 0.3 is 0 Å². The Morgan fingerprint density at radius 3 is 1.64 bits per heavy atom. The Balaban J connectivity index is 0.000000191. The van der Waals surface area contributed by atoms with Gasteiger partial charge in [0.2, 0.25) is 0 Å². The van der Waals surface area contributed by atoms with Gasteiger partial charge in [0, 0.05) is 39.9 Å². The van der Waals surface area contributed by atoms with Crippen LogP contribution in [0.4, 0.5) is 0 Å². The molecule has 0 saturated carbocycles. The lowest BCUT2D eigenvalue weighted by molar-refractivity contribution is -0.0312. The maximum atomic E-state index is 5.42. The number of likely N-dealkylation sites (tertiary alicyclic amines) is 4. The van der Waals surface area contributed by atoms with Crippen molar-refractivity contribution in [2.45, 2.75) is 72.6 Å². The van der Waals surface area contributed by atoms with Crippen LogP contribution in [0.15, 0.2) is 0 Å². The standard InChI is InChI=1S/C11H22N2.C10H21NO.C9H19NO/c1-3-6-13-7-4-11(5-8-13)9-12(2)10-11;1-3-6-11-7-5-10(8-11)9-12-4-2;1-3-5-10-6-4-9(7-10)8-11-2/h3-10H2,1-2H3;10H,3-9H2,1-2H3;9H,3-8H2,1-2H3. The summed E-state index contributed by atoms with van der Waals surface area (Å²) < 4.78 is 10.5. The predicted octanol–water partition coefficient (Wildman–Crippen LogP) is 4.54. The molecule has 6 heteroatoms. The molecule has 6 nitrogen and oxygen atoms in total. The topological polar surface area (TPSA) is 31.4 Å². The summed E-state index contributed by atoms with van der Waals surface area (Å²) in [5.74, 6) is 1.60. The van der Waals surface area contributed by atoms with Gasteiger partial charge in [-0.05, 0) is 122 Å². The van der Waals surface area contributed by atoms with Crippen LogP contribution in [0.25, 0.3) is 0 Å². The molecule has 0 aliphatic carbocycles. The van der Waals surface area contributed by atoms with E-state index in [1.807, 2.05) is 0 Å². The van der Waals surface area contributed by atoms with Gasteiger partial charge in [-0.1, -0.05) is 20.8 Å². The molecule has 0 aromatic rings. The van der Waals surface area contributed by atoms with Gasteiger partial charge in [0.25, 0.3) is 0 Å². The zero-order valence-electron chi connectivity index (χ0n) is 25.1. The summed E-state index contributed by atoms with van der Waals surface area (Å²) in [6.07, 6.45) is 9.41. The Morgan fingerprint density at radius 1 is 0.694 bits per heavy atom. The van der Waals surface area contributed by atoms with Crippen molar-refractivity contribution in [3.8, 4) is 0 Å². The Hall–Kier alpha value is -0.240. The molecule has 0 radical (unpaired) electrons. The zero-order valence-corrected chi connectivity index (χ0v) is 25.1. The highest BCUT2D eigenvalue weighted by atomic mass is 16.5. The fraction of sp³-hybridized carbons (Fsp3) is 1.00. The van der Waals surface area contributed by atoms with E-state index in [2.05, 4.69) is 54.3 Å². The minimum Gasteiger partial charge on any atom is -0.384 e. The van der Waals surface area contributed by atoms with E-state index >= 15 is 0 Å². The van der Waals surface area contributed by atoms with E-state index in [0.717, 1.165) is 37.1 Å². The van der Waals surface area contributed by atoms with Gasteiger partial charge in [-0.15, -0.1) is 0 Å². The number of hydrogen-bond donors (Lipinski definition) is 0. The molecule has 4 saturated heterocycles. The molecule has 2 unspecified atom stereocenters. The molecule has 4 aliphatic heterocycles. The average molecular weight is 511 g/mol. The average Bonchev–Trinajstić information content (AvgIpc) is 3.49. The van der Waals surface area contributed by atoms with E-state index in [1.54, 1.807) is 7.11 Å². The van der Waals surface area contributed by atoms with E-state index in [9.17, 15) is 0 Å². The molecule has 0 aromatic carbocycles. The summed E-state index contributed by atoms with van der Waals surface area (Å²) in [5.41, 5.74) is 0.735. The van der Waals surface area contributed by atoms with Crippen LogP contribution in [0, 0.1) is 17.3 Å². The lowest BCUT2D eigenvalue weighted by atomic mass is 9.72. The van der Waals surface area contributed by atoms with Crippen LogP contribution < -0.4 is 0 Å². The van der Waals surface area contributed by atoms with Gasteiger partial charge in [0.1, 0.15) is 0 Å². The first-order chi connectivity index (χ1) is 17.5. The molecule has 36 heavy (non-hydrogen) atoms. The number of hydrogen-bond acceptors (Lipinski definition) is 6. The van der Waals surface area contributed by atoms with Crippen molar-refractivity contribution in [2.24, 2.45) is 17.3 Å². The number of nitrogens with zero attached hydrogens (tertiary/aromatic N) is 4. The maximum absolute atomic E-state index is 5.42. The van der Waals surface area contributed by atoms with Crippen LogP contribution in [-0.2, 0) is 9.47 Å². The van der Waals surface area contributed by atoms with Gasteiger partial charge < -0.3 is 29.1 Å². The van der Waals surface area contributed by atoms with Crippen molar-refractivity contribution >= 4 is 0 Å². The lowest BCUT2D eigenvalue weighted by Gasteiger charge is -2.53. The number of methoxy groups -OCH3 is 1. The van der Waals surface area contributed by atoms with Crippen LogP contribution in [0.3, 0.4) is 0 Å². The second-order valence-corrected chi connectivity index (χ2v) is 12.0. The Bertz CT molecular complexity index is 521. The summed E-state index contributed by atoms with van der Waals surface area (Å²) >= 11 is 0. The number of rotatable bonds is 11. The summed E-state index contributed by atoms with van der Waals surface area (Å²) in [5, 5.41) is 0. The highest BCUT2D eigenvalue weighted by Crippen LogP contribution is 2.39. The van der Waals surface area contributed by atoms with Crippen molar-refractivity contribution in [3.05, 3.63) is 0 Å². The molecular weight excluding hydrogens is 448 g/mol. The van der Waals surface area contributed by atoms with Crippen molar-refractivity contribution in [2.75, 3.05) is 106 Å². The van der Waals surface area contributed by atoms with E-state index in [-0.39, 0.29) is 0 Å². The van der Waals surface area contributed by atoms with Crippen molar-refractivity contribution in [1.82, 2.24) is 19.6 Å². The fourth-order valence-electron chi connectivity index (χ4n) is 6.64. The van der Waals surface area contributed by atoms with E-state index in [0.29, 0.717) is 0 Å². The Morgan fingerprint density at radius 2 is 1.19 bits per heavy atom. The summed E-state index contributed by atoms with van der Waals surface area (Å²) in [4.78, 5) is 10.2. The molecule has 0 aromatic heterocycles. The molecular formula is C30H62N4O2. The summed E-state index contributed by atoms with van der Waals surface area (Å²) in [7, 11) is 4.03. The van der Waals surface area contributed by atoms with Gasteiger partial charge in [0.15, 0.2) is 0 Å². The maximum Gasteiger partial charge on any atom is 0.0506 e. The molecule has 4 fully saturated rings. The smallest absolute Gasteiger partial charge is 0.0506 e. The SMILES string of the molecule is CCCN1CCC(COC)C1.CCCN1CCC(COCC)C1.CCCN1CCC2(CC1)CN(C)C2. The van der Waals surface area contributed by atoms with Crippen LogP contribution in [0.1, 0.15) is 72.6 Å². The number of piperidine rings is 1. The first-order valence-corrected chi connectivity index (χ1v) is 15.4. The van der Waals surface area contributed by atoms with Gasteiger partial charge in [0.05, 0.1) is 13.2 Å². The highest BCUT2D eigenvalue weighted by molar-refractivity contribution is 4.96. The lowest BCUT2D eigenvalue weighted by Crippen LogP contribution is -2.58. The predicted molar refractivity (Wildman–Crippen MR) is 154 cm³/mol. The summed E-state index contributed by atoms with van der Waals surface area (Å²) in [6.45, 7) is 25.9. The van der Waals surface area contributed by atoms with Crippen molar-refractivity contribution in [1.29, 1.82) is 0 Å². The molecule has 214 valence electrons. The Labute approximate surface area is 225 Å². The summed E-state index contributed by atoms with van der Waals surface area (Å²) in [6, 6.07) is 0. The first kappa shape index (κ1) is 32.0. The molecule has 4 rings (SSSR count). The fourth-order valence-corrected chi connectivity index (χ4v) is 6.64. The van der Waals surface area contributed by atoms with Crippen LogP contribution in [-0.4, -0.2) is 126 Å². The van der Waals surface area contributed by atoms with Gasteiger partial charge in [-0.2, -0.15) is 0 Å². The minimum atomic E-state index is 0.735. The molecule has 0 bridgehead atoms. The van der Waals surface area contributed by atoms with Crippen molar-refractivity contribution < 1.29 is 9.47 Å². The first-order valence-electron chi connectivity index (χ1n) is 15.4. The van der Waals surface area contributed by atoms with Gasteiger partial charge in [-0.3, -0.25) is 0 Å². The minimum absolute atomic E-state index is 0.735. The van der Waals surface area contributed by atoms with Crippen molar-refractivity contribution in [3.63, 3.8) is 0 Å². The third kappa shape index (κ3) is 11.7. The second-order valence-electron chi connectivity index (χ2n) is 12.0. The van der Waals surface area contributed by atoms with Crippen LogP contribution in [0.5, 0.6) is 0 Å². The van der Waals surface area contributed by atoms with Crippen LogP contribution >= 0.6 is 0 Å². The second kappa shape index (κ2) is 18.1. The van der Waals surface area contributed by atoms with E-state index in [1.165, 1.54) is 117 Å². The monoisotopic (exact) mass is 510 g/mol. The normalized spacial score (nSPS) is 26.8. The van der Waals surface area contributed by atoms with Crippen LogP contribution in [0.2, 0.25) is 0 Å². The third-order valence-electron chi connectivity index (χ3n) is 8.45. The molecule has 4 heterocycles. The van der Waals surface area contributed by atoms with Gasteiger partial charge in [-0.25, -0.2) is 0 Å². The molecule has 1 spiro atoms. The largest absolute Gasteiger partial charge is 0.384 e. The highest BCUT2D eigenvalue weighted by Gasteiger charge is 2.42. The van der Waals surface area contributed by atoms with E-state index < -0.39 is 0 Å². The molecule has 0 amide bonds. The quantitative estimate of drug-likeness (QED) is 0.406. The number of ether oxygens (including phenoxy) is 2. The molecule has 0 N–H and O–H groups in total. The molecule has 2 atom stereocenters. The third-order valence-corrected chi connectivity index (χ3v) is 8.45.